The van der Waals surface area contributed by atoms with Crippen LogP contribution >= 0.6 is 23.4 Å². The van der Waals surface area contributed by atoms with E-state index in [-0.39, 0.29) is 17.6 Å². The Hall–Kier alpha value is -2.76. The molecule has 2 amide bonds. The highest BCUT2D eigenvalue weighted by Gasteiger charge is 2.30. The molecule has 0 heterocycles. The summed E-state index contributed by atoms with van der Waals surface area (Å²) in [7, 11) is 0. The van der Waals surface area contributed by atoms with Gasteiger partial charge < -0.3 is 10.2 Å². The Balaban J connectivity index is 1.82. The van der Waals surface area contributed by atoms with Gasteiger partial charge in [-0.3, -0.25) is 9.59 Å². The summed E-state index contributed by atoms with van der Waals surface area (Å²) in [6.45, 7) is 5.13. The molecule has 4 nitrogen and oxygen atoms in total. The molecule has 190 valence electrons. The number of nitrogens with zero attached hydrogens (tertiary/aromatic N) is 1. The summed E-state index contributed by atoms with van der Waals surface area (Å²) in [6, 6.07) is 25.1. The third-order valence-electron chi connectivity index (χ3n) is 5.96. The van der Waals surface area contributed by atoms with Crippen LogP contribution in [0, 0.1) is 6.92 Å². The minimum Gasteiger partial charge on any atom is -0.354 e. The summed E-state index contributed by atoms with van der Waals surface area (Å²) in [5.41, 5.74) is 4.27. The molecule has 0 aliphatic rings. The van der Waals surface area contributed by atoms with Crippen LogP contribution in [0.3, 0.4) is 0 Å². The minimum absolute atomic E-state index is 0.0471. The molecule has 0 unspecified atom stereocenters. The van der Waals surface area contributed by atoms with E-state index >= 15 is 0 Å². The van der Waals surface area contributed by atoms with Crippen LogP contribution in [-0.4, -0.2) is 35.1 Å². The number of unbranched alkanes of at least 4 members (excludes halogenated alkanes) is 1. The highest BCUT2D eigenvalue weighted by molar-refractivity contribution is 7.99. The lowest BCUT2D eigenvalue weighted by Crippen LogP contribution is -2.51. The number of aryl methyl sites for hydroxylation is 1. The molecule has 1 atom stereocenters. The lowest BCUT2D eigenvalue weighted by Gasteiger charge is -2.31. The first kappa shape index (κ1) is 27.8. The SMILES string of the molecule is CCCCNC(=O)[C@H](Cc1ccccc1)N(Cc1ccc(C)cc1)C(=O)CSCc1cccc(Cl)c1. The van der Waals surface area contributed by atoms with E-state index in [2.05, 4.69) is 12.2 Å². The van der Waals surface area contributed by atoms with E-state index in [4.69, 9.17) is 11.6 Å². The van der Waals surface area contributed by atoms with Crippen molar-refractivity contribution in [1.82, 2.24) is 10.2 Å². The maximum Gasteiger partial charge on any atom is 0.243 e. The van der Waals surface area contributed by atoms with Crippen molar-refractivity contribution >= 4 is 35.2 Å². The quantitative estimate of drug-likeness (QED) is 0.263. The van der Waals surface area contributed by atoms with Gasteiger partial charge in [-0.2, -0.15) is 0 Å². The summed E-state index contributed by atoms with van der Waals surface area (Å²) >= 11 is 7.65. The highest BCUT2D eigenvalue weighted by atomic mass is 35.5. The Kier molecular flexibility index (Phi) is 11.4. The van der Waals surface area contributed by atoms with Gasteiger partial charge in [-0.25, -0.2) is 0 Å². The van der Waals surface area contributed by atoms with E-state index in [1.54, 1.807) is 4.90 Å². The molecule has 1 N–H and O–H groups in total. The van der Waals surface area contributed by atoms with Gasteiger partial charge in [0.1, 0.15) is 6.04 Å². The zero-order chi connectivity index (χ0) is 25.8. The standard InChI is InChI=1S/C30H35ClN2O2S/c1-3-4-17-32-30(35)28(19-24-9-6-5-7-10-24)33(20-25-15-13-23(2)14-16-25)29(34)22-36-21-26-11-8-12-27(31)18-26/h5-16,18,28H,3-4,17,19-22H2,1-2H3,(H,32,35)/t28-/m0/s1. The molecular weight excluding hydrogens is 488 g/mol. The summed E-state index contributed by atoms with van der Waals surface area (Å²) in [6.07, 6.45) is 2.37. The number of hydrogen-bond acceptors (Lipinski definition) is 3. The molecule has 0 aliphatic heterocycles. The Morgan fingerprint density at radius 1 is 0.944 bits per heavy atom. The van der Waals surface area contributed by atoms with Crippen molar-refractivity contribution < 1.29 is 9.59 Å². The fraction of sp³-hybridized carbons (Fsp3) is 0.333. The van der Waals surface area contributed by atoms with Crippen LogP contribution in [0.5, 0.6) is 0 Å². The summed E-state index contributed by atoms with van der Waals surface area (Å²) in [5, 5.41) is 3.76. The fourth-order valence-corrected chi connectivity index (χ4v) is 4.99. The van der Waals surface area contributed by atoms with E-state index in [0.717, 1.165) is 35.1 Å². The molecule has 0 fully saturated rings. The number of amides is 2. The largest absolute Gasteiger partial charge is 0.354 e. The maximum absolute atomic E-state index is 13.6. The molecule has 36 heavy (non-hydrogen) atoms. The van der Waals surface area contributed by atoms with Gasteiger partial charge >= 0.3 is 0 Å². The van der Waals surface area contributed by atoms with Crippen LogP contribution in [0.25, 0.3) is 0 Å². The number of halogens is 1. The summed E-state index contributed by atoms with van der Waals surface area (Å²) < 4.78 is 0. The first-order chi connectivity index (χ1) is 17.5. The second kappa shape index (κ2) is 14.7. The minimum atomic E-state index is -0.593. The van der Waals surface area contributed by atoms with E-state index in [1.165, 1.54) is 11.8 Å². The lowest BCUT2D eigenvalue weighted by atomic mass is 10.0. The van der Waals surface area contributed by atoms with Crippen LogP contribution in [0.1, 0.15) is 42.0 Å². The number of hydrogen-bond donors (Lipinski definition) is 1. The fourth-order valence-electron chi connectivity index (χ4n) is 3.92. The predicted octanol–water partition coefficient (Wildman–Crippen LogP) is 6.44. The van der Waals surface area contributed by atoms with Crippen molar-refractivity contribution in [2.24, 2.45) is 0 Å². The van der Waals surface area contributed by atoms with Crippen LogP contribution in [0.2, 0.25) is 5.02 Å². The molecule has 3 rings (SSSR count). The number of carbonyl (C=O) groups is 2. The molecule has 3 aromatic carbocycles. The van der Waals surface area contributed by atoms with Gasteiger partial charge in [-0.05, 0) is 42.2 Å². The lowest BCUT2D eigenvalue weighted by molar-refractivity contribution is -0.139. The summed E-state index contributed by atoms with van der Waals surface area (Å²) in [4.78, 5) is 28.8. The molecule has 0 spiro atoms. The van der Waals surface area contributed by atoms with Gasteiger partial charge in [0.2, 0.25) is 11.8 Å². The second-order valence-electron chi connectivity index (χ2n) is 8.98. The van der Waals surface area contributed by atoms with Crippen molar-refractivity contribution in [1.29, 1.82) is 0 Å². The van der Waals surface area contributed by atoms with Gasteiger partial charge in [-0.1, -0.05) is 97.2 Å². The van der Waals surface area contributed by atoms with Crippen LogP contribution < -0.4 is 5.32 Å². The molecule has 0 saturated heterocycles. The molecule has 6 heteroatoms. The number of thioether (sulfide) groups is 1. The van der Waals surface area contributed by atoms with Crippen molar-refractivity contribution in [3.8, 4) is 0 Å². The van der Waals surface area contributed by atoms with Gasteiger partial charge in [0.15, 0.2) is 0 Å². The normalized spacial score (nSPS) is 11.6. The number of rotatable bonds is 13. The first-order valence-corrected chi connectivity index (χ1v) is 14.0. The number of carbonyl (C=O) groups excluding carboxylic acids is 2. The molecule has 0 aliphatic carbocycles. The van der Waals surface area contributed by atoms with E-state index < -0.39 is 6.04 Å². The van der Waals surface area contributed by atoms with Gasteiger partial charge in [-0.15, -0.1) is 11.8 Å². The predicted molar refractivity (Wildman–Crippen MR) is 151 cm³/mol. The second-order valence-corrected chi connectivity index (χ2v) is 10.4. The third-order valence-corrected chi connectivity index (χ3v) is 7.18. The Labute approximate surface area is 224 Å². The van der Waals surface area contributed by atoms with Crippen LogP contribution in [0.15, 0.2) is 78.9 Å². The number of benzene rings is 3. The average molecular weight is 523 g/mol. The Morgan fingerprint density at radius 3 is 2.36 bits per heavy atom. The Morgan fingerprint density at radius 2 is 1.67 bits per heavy atom. The van der Waals surface area contributed by atoms with E-state index in [9.17, 15) is 9.59 Å². The Bertz CT molecular complexity index is 1110. The molecule has 0 aromatic heterocycles. The number of nitrogens with one attached hydrogen (secondary N) is 1. The molecular formula is C30H35ClN2O2S. The maximum atomic E-state index is 13.6. The zero-order valence-electron chi connectivity index (χ0n) is 21.1. The molecule has 0 radical (unpaired) electrons. The highest BCUT2D eigenvalue weighted by Crippen LogP contribution is 2.20. The first-order valence-electron chi connectivity index (χ1n) is 12.4. The van der Waals surface area contributed by atoms with Crippen LogP contribution in [0.4, 0.5) is 0 Å². The smallest absolute Gasteiger partial charge is 0.243 e. The zero-order valence-corrected chi connectivity index (χ0v) is 22.7. The van der Waals surface area contributed by atoms with Gasteiger partial charge in [0.05, 0.1) is 5.75 Å². The topological polar surface area (TPSA) is 49.4 Å². The summed E-state index contributed by atoms with van der Waals surface area (Å²) in [5.74, 6) is 0.810. The van der Waals surface area contributed by atoms with Crippen LogP contribution in [-0.2, 0) is 28.3 Å². The molecule has 0 bridgehead atoms. The molecule has 3 aromatic rings. The van der Waals surface area contributed by atoms with E-state index in [0.29, 0.717) is 30.3 Å². The van der Waals surface area contributed by atoms with Crippen molar-refractivity contribution in [2.75, 3.05) is 12.3 Å². The van der Waals surface area contributed by atoms with Crippen molar-refractivity contribution in [2.45, 2.75) is 51.4 Å². The average Bonchev–Trinajstić information content (AvgIpc) is 2.88. The van der Waals surface area contributed by atoms with Crippen molar-refractivity contribution in [3.05, 3.63) is 106 Å². The van der Waals surface area contributed by atoms with Gasteiger partial charge in [0, 0.05) is 30.3 Å². The monoisotopic (exact) mass is 522 g/mol. The third kappa shape index (κ3) is 9.03. The van der Waals surface area contributed by atoms with Gasteiger partial charge in [0.25, 0.3) is 0 Å². The van der Waals surface area contributed by atoms with Crippen molar-refractivity contribution in [3.63, 3.8) is 0 Å². The van der Waals surface area contributed by atoms with E-state index in [1.807, 2.05) is 85.8 Å². The molecule has 0 saturated carbocycles.